The third-order valence-electron chi connectivity index (χ3n) is 3.87. The molecule has 2 N–H and O–H groups in total. The lowest BCUT2D eigenvalue weighted by atomic mass is 10.1. The zero-order valence-corrected chi connectivity index (χ0v) is 14.2. The molecule has 1 fully saturated rings. The smallest absolute Gasteiger partial charge is 0.406 e. The molecule has 0 unspecified atom stereocenters. The Balaban J connectivity index is 1.54. The highest BCUT2D eigenvalue weighted by Gasteiger charge is 2.31. The van der Waals surface area contributed by atoms with Crippen molar-refractivity contribution in [2.75, 3.05) is 5.32 Å². The second-order valence-corrected chi connectivity index (χ2v) is 6.24. The third-order valence-corrected chi connectivity index (χ3v) is 3.87. The number of hydrogen-bond donors (Lipinski definition) is 2. The molecule has 27 heavy (non-hydrogen) atoms. The normalized spacial score (nSPS) is 13.7. The summed E-state index contributed by atoms with van der Waals surface area (Å²) in [6.45, 7) is 0. The van der Waals surface area contributed by atoms with E-state index in [4.69, 9.17) is 0 Å². The molecule has 0 bridgehead atoms. The summed E-state index contributed by atoms with van der Waals surface area (Å²) in [5, 5.41) is 5.55. The van der Waals surface area contributed by atoms with Gasteiger partial charge in [-0.15, -0.1) is 13.2 Å². The number of ether oxygens (including phenoxy) is 1. The van der Waals surface area contributed by atoms with Crippen LogP contribution in [-0.4, -0.2) is 24.2 Å². The molecule has 0 aromatic heterocycles. The summed E-state index contributed by atoms with van der Waals surface area (Å²) in [6.07, 6.45) is -2.45. The van der Waals surface area contributed by atoms with Crippen LogP contribution >= 0.6 is 0 Å². The average Bonchev–Trinajstić information content (AvgIpc) is 3.39. The Labute approximate surface area is 153 Å². The second kappa shape index (κ2) is 7.69. The average molecular weight is 378 g/mol. The van der Waals surface area contributed by atoms with E-state index in [2.05, 4.69) is 15.4 Å². The van der Waals surface area contributed by atoms with Gasteiger partial charge in [-0.2, -0.15) is 0 Å². The van der Waals surface area contributed by atoms with E-state index in [1.165, 1.54) is 12.1 Å². The first-order valence-corrected chi connectivity index (χ1v) is 8.34. The number of alkyl halides is 3. The van der Waals surface area contributed by atoms with Crippen LogP contribution in [0, 0.1) is 0 Å². The highest BCUT2D eigenvalue weighted by Crippen LogP contribution is 2.23. The number of halogens is 3. The van der Waals surface area contributed by atoms with Gasteiger partial charge in [-0.3, -0.25) is 9.59 Å². The van der Waals surface area contributed by atoms with Crippen LogP contribution < -0.4 is 15.4 Å². The molecule has 3 rings (SSSR count). The van der Waals surface area contributed by atoms with Gasteiger partial charge in [-0.1, -0.05) is 12.1 Å². The van der Waals surface area contributed by atoms with Crippen molar-refractivity contribution in [2.45, 2.75) is 31.7 Å². The van der Waals surface area contributed by atoms with Crippen molar-refractivity contribution in [3.8, 4) is 5.75 Å². The largest absolute Gasteiger partial charge is 0.573 e. The molecule has 0 atom stereocenters. The van der Waals surface area contributed by atoms with Gasteiger partial charge in [0.05, 0.1) is 6.42 Å². The van der Waals surface area contributed by atoms with Crippen molar-refractivity contribution < 1.29 is 27.5 Å². The van der Waals surface area contributed by atoms with Crippen molar-refractivity contribution in [1.29, 1.82) is 0 Å². The minimum absolute atomic E-state index is 0.0320. The van der Waals surface area contributed by atoms with Crippen molar-refractivity contribution in [1.82, 2.24) is 5.32 Å². The van der Waals surface area contributed by atoms with Crippen molar-refractivity contribution in [3.05, 3.63) is 59.7 Å². The molecule has 2 amide bonds. The maximum atomic E-state index is 12.2. The van der Waals surface area contributed by atoms with E-state index >= 15 is 0 Å². The van der Waals surface area contributed by atoms with E-state index in [1.54, 1.807) is 24.3 Å². The molecule has 1 aliphatic carbocycles. The minimum atomic E-state index is -4.78. The second-order valence-electron chi connectivity index (χ2n) is 6.24. The van der Waals surface area contributed by atoms with E-state index < -0.39 is 18.0 Å². The SMILES string of the molecule is O=C(Cc1ccc(NC(=O)c2ccc(OC(F)(F)F)cc2)cc1)NC1CC1. The summed E-state index contributed by atoms with van der Waals surface area (Å²) in [4.78, 5) is 23.9. The lowest BCUT2D eigenvalue weighted by Gasteiger charge is -2.10. The molecule has 1 aliphatic rings. The fraction of sp³-hybridized carbons (Fsp3) is 0.263. The number of hydrogen-bond acceptors (Lipinski definition) is 3. The van der Waals surface area contributed by atoms with Crippen molar-refractivity contribution in [3.63, 3.8) is 0 Å². The molecule has 0 spiro atoms. The molecular weight excluding hydrogens is 361 g/mol. The lowest BCUT2D eigenvalue weighted by Crippen LogP contribution is -2.26. The van der Waals surface area contributed by atoms with Crippen LogP contribution in [-0.2, 0) is 11.2 Å². The van der Waals surface area contributed by atoms with Gasteiger partial charge < -0.3 is 15.4 Å². The first kappa shape index (κ1) is 18.8. The number of carbonyl (C=O) groups excluding carboxylic acids is 2. The summed E-state index contributed by atoms with van der Waals surface area (Å²) < 4.78 is 40.2. The Morgan fingerprint density at radius 2 is 1.63 bits per heavy atom. The summed E-state index contributed by atoms with van der Waals surface area (Å²) >= 11 is 0. The van der Waals surface area contributed by atoms with E-state index in [-0.39, 0.29) is 17.9 Å². The number of anilines is 1. The third kappa shape index (κ3) is 6.02. The molecule has 8 heteroatoms. The van der Waals surface area contributed by atoms with Crippen LogP contribution in [0.2, 0.25) is 0 Å². The molecule has 2 aromatic carbocycles. The summed E-state index contributed by atoms with van der Waals surface area (Å²) in [5.74, 6) is -0.892. The highest BCUT2D eigenvalue weighted by molar-refractivity contribution is 6.04. The van der Waals surface area contributed by atoms with Crippen LogP contribution in [0.15, 0.2) is 48.5 Å². The molecule has 0 radical (unpaired) electrons. The lowest BCUT2D eigenvalue weighted by molar-refractivity contribution is -0.274. The van der Waals surface area contributed by atoms with Gasteiger partial charge in [-0.05, 0) is 54.8 Å². The van der Waals surface area contributed by atoms with Crippen LogP contribution in [0.5, 0.6) is 5.75 Å². The molecule has 5 nitrogen and oxygen atoms in total. The Morgan fingerprint density at radius 1 is 1.00 bits per heavy atom. The number of nitrogens with one attached hydrogen (secondary N) is 2. The summed E-state index contributed by atoms with van der Waals surface area (Å²) in [6, 6.07) is 11.7. The van der Waals surface area contributed by atoms with Crippen LogP contribution in [0.4, 0.5) is 18.9 Å². The van der Waals surface area contributed by atoms with Crippen LogP contribution in [0.25, 0.3) is 0 Å². The minimum Gasteiger partial charge on any atom is -0.406 e. The van der Waals surface area contributed by atoms with E-state index in [0.717, 1.165) is 30.5 Å². The molecule has 0 heterocycles. The molecule has 1 saturated carbocycles. The van der Waals surface area contributed by atoms with Gasteiger partial charge >= 0.3 is 6.36 Å². The fourth-order valence-electron chi connectivity index (χ4n) is 2.41. The molecule has 142 valence electrons. The Kier molecular flexibility index (Phi) is 5.34. The number of amides is 2. The standard InChI is InChI=1S/C19H17F3N2O3/c20-19(21,22)27-16-9-3-13(4-10-16)18(26)24-15-5-1-12(2-6-15)11-17(25)23-14-7-8-14/h1-6,9-10,14H,7-8,11H2,(H,23,25)(H,24,26). The summed E-state index contributed by atoms with van der Waals surface area (Å²) in [7, 11) is 0. The zero-order chi connectivity index (χ0) is 19.4. The first-order valence-electron chi connectivity index (χ1n) is 8.34. The predicted octanol–water partition coefficient (Wildman–Crippen LogP) is 3.66. The number of carbonyl (C=O) groups is 2. The van der Waals surface area contributed by atoms with E-state index in [0.29, 0.717) is 11.7 Å². The van der Waals surface area contributed by atoms with Gasteiger partial charge in [0.1, 0.15) is 5.75 Å². The predicted molar refractivity (Wildman–Crippen MR) is 92.4 cm³/mol. The van der Waals surface area contributed by atoms with Crippen LogP contribution in [0.3, 0.4) is 0 Å². The monoisotopic (exact) mass is 378 g/mol. The first-order chi connectivity index (χ1) is 12.8. The quantitative estimate of drug-likeness (QED) is 0.806. The van der Waals surface area contributed by atoms with E-state index in [9.17, 15) is 22.8 Å². The zero-order valence-electron chi connectivity index (χ0n) is 14.2. The summed E-state index contributed by atoms with van der Waals surface area (Å²) in [5.41, 5.74) is 1.53. The maximum absolute atomic E-state index is 12.2. The molecule has 0 saturated heterocycles. The fourth-order valence-corrected chi connectivity index (χ4v) is 2.41. The van der Waals surface area contributed by atoms with Crippen molar-refractivity contribution >= 4 is 17.5 Å². The Bertz CT molecular complexity index is 814. The van der Waals surface area contributed by atoms with E-state index in [1.807, 2.05) is 0 Å². The Morgan fingerprint density at radius 3 is 2.19 bits per heavy atom. The molecule has 0 aliphatic heterocycles. The van der Waals surface area contributed by atoms with Crippen molar-refractivity contribution in [2.24, 2.45) is 0 Å². The molecular formula is C19H17F3N2O3. The van der Waals surface area contributed by atoms with Gasteiger partial charge in [0.15, 0.2) is 0 Å². The Hall–Kier alpha value is -3.03. The topological polar surface area (TPSA) is 67.4 Å². The molecule has 2 aromatic rings. The van der Waals surface area contributed by atoms with Gasteiger partial charge in [0.2, 0.25) is 5.91 Å². The van der Waals surface area contributed by atoms with Gasteiger partial charge in [0.25, 0.3) is 5.91 Å². The highest BCUT2D eigenvalue weighted by atomic mass is 19.4. The number of benzene rings is 2. The number of rotatable bonds is 6. The van der Waals surface area contributed by atoms with Gasteiger partial charge in [0, 0.05) is 17.3 Å². The maximum Gasteiger partial charge on any atom is 0.573 e. The van der Waals surface area contributed by atoms with Crippen LogP contribution in [0.1, 0.15) is 28.8 Å². The van der Waals surface area contributed by atoms with Gasteiger partial charge in [-0.25, -0.2) is 0 Å².